The van der Waals surface area contributed by atoms with Crippen LogP contribution in [0.3, 0.4) is 0 Å². The maximum Gasteiger partial charge on any atom is 0.256 e. The molecule has 1 aromatic heterocycles. The summed E-state index contributed by atoms with van der Waals surface area (Å²) < 4.78 is 14.1. The Bertz CT molecular complexity index is 915. The second-order valence-corrected chi connectivity index (χ2v) is 5.26. The van der Waals surface area contributed by atoms with E-state index in [1.165, 1.54) is 19.3 Å². The Morgan fingerprint density at radius 1 is 1.16 bits per heavy atom. The second-order valence-electron chi connectivity index (χ2n) is 5.26. The molecule has 2 aromatic carbocycles. The Morgan fingerprint density at radius 2 is 1.92 bits per heavy atom. The first kappa shape index (κ1) is 16.4. The van der Waals surface area contributed by atoms with Crippen LogP contribution in [0.2, 0.25) is 0 Å². The minimum absolute atomic E-state index is 0.0576. The number of nitrogens with two attached hydrogens (primary N) is 1. The summed E-state index contributed by atoms with van der Waals surface area (Å²) in [7, 11) is 1.50. The van der Waals surface area contributed by atoms with Crippen molar-refractivity contribution in [2.45, 2.75) is 0 Å². The van der Waals surface area contributed by atoms with Gasteiger partial charge in [0.1, 0.15) is 11.6 Å². The summed E-state index contributed by atoms with van der Waals surface area (Å²) in [6, 6.07) is 13.8. The summed E-state index contributed by atoms with van der Waals surface area (Å²) in [6.45, 7) is 0. The third kappa shape index (κ3) is 3.55. The first-order chi connectivity index (χ1) is 12.1. The van der Waals surface area contributed by atoms with Gasteiger partial charge in [0, 0.05) is 24.5 Å². The van der Waals surface area contributed by atoms with Crippen molar-refractivity contribution in [3.63, 3.8) is 0 Å². The van der Waals surface area contributed by atoms with E-state index in [9.17, 15) is 9.18 Å². The standard InChI is InChI=1S/C18H16FN5O/c1-21-17(25)14-10-22-18(24-16(14)20)23-12-7-8-15(19)13(9-12)11-5-3-2-4-6-11/h2-10H,1H3,(H,21,25)(H3,20,22,23,24). The number of nitrogens with zero attached hydrogens (tertiary/aromatic N) is 2. The molecule has 7 heteroatoms. The first-order valence-corrected chi connectivity index (χ1v) is 7.55. The van der Waals surface area contributed by atoms with Crippen LogP contribution in [0.25, 0.3) is 11.1 Å². The molecule has 0 saturated heterocycles. The molecule has 0 unspecified atom stereocenters. The van der Waals surface area contributed by atoms with Gasteiger partial charge in [0.05, 0.1) is 5.56 Å². The Balaban J connectivity index is 1.89. The summed E-state index contributed by atoms with van der Waals surface area (Å²) in [6.07, 6.45) is 1.34. The second kappa shape index (κ2) is 6.96. The van der Waals surface area contributed by atoms with E-state index in [2.05, 4.69) is 20.6 Å². The van der Waals surface area contributed by atoms with Crippen molar-refractivity contribution in [1.82, 2.24) is 15.3 Å². The first-order valence-electron chi connectivity index (χ1n) is 7.55. The fourth-order valence-corrected chi connectivity index (χ4v) is 2.34. The number of benzene rings is 2. The van der Waals surface area contributed by atoms with Gasteiger partial charge in [-0.3, -0.25) is 4.79 Å². The summed E-state index contributed by atoms with van der Waals surface area (Å²) in [5.74, 6) is -0.414. The zero-order valence-corrected chi connectivity index (χ0v) is 13.5. The molecule has 0 radical (unpaired) electrons. The van der Waals surface area contributed by atoms with Crippen LogP contribution in [0.1, 0.15) is 10.4 Å². The van der Waals surface area contributed by atoms with Gasteiger partial charge in [-0.05, 0) is 23.8 Å². The predicted octanol–water partition coefficient (Wildman–Crippen LogP) is 2.97. The molecule has 3 rings (SSSR count). The lowest BCUT2D eigenvalue weighted by molar-refractivity contribution is 0.0963. The van der Waals surface area contributed by atoms with Gasteiger partial charge in [-0.1, -0.05) is 30.3 Å². The number of aromatic nitrogens is 2. The van der Waals surface area contributed by atoms with Gasteiger partial charge in [-0.2, -0.15) is 4.98 Å². The number of anilines is 3. The molecule has 0 saturated carbocycles. The van der Waals surface area contributed by atoms with Crippen molar-refractivity contribution in [1.29, 1.82) is 0 Å². The lowest BCUT2D eigenvalue weighted by Crippen LogP contribution is -2.20. The molecule has 25 heavy (non-hydrogen) atoms. The van der Waals surface area contributed by atoms with E-state index in [-0.39, 0.29) is 29.1 Å². The number of carbonyl (C=O) groups is 1. The minimum Gasteiger partial charge on any atom is -0.383 e. The SMILES string of the molecule is CNC(=O)c1cnc(Nc2ccc(F)c(-c3ccccc3)c2)nc1N. The van der Waals surface area contributed by atoms with Crippen LogP contribution in [-0.4, -0.2) is 22.9 Å². The molecule has 1 amide bonds. The number of hydrogen-bond acceptors (Lipinski definition) is 5. The fraction of sp³-hybridized carbons (Fsp3) is 0.0556. The summed E-state index contributed by atoms with van der Waals surface area (Å²) in [5.41, 5.74) is 7.80. The maximum atomic E-state index is 14.1. The van der Waals surface area contributed by atoms with Gasteiger partial charge in [0.25, 0.3) is 5.91 Å². The molecule has 0 aliphatic heterocycles. The van der Waals surface area contributed by atoms with E-state index in [1.54, 1.807) is 12.1 Å². The highest BCUT2D eigenvalue weighted by atomic mass is 19.1. The molecule has 6 nitrogen and oxygen atoms in total. The van der Waals surface area contributed by atoms with Gasteiger partial charge in [-0.25, -0.2) is 9.37 Å². The van der Waals surface area contributed by atoms with Crippen LogP contribution in [0.5, 0.6) is 0 Å². The van der Waals surface area contributed by atoms with Gasteiger partial charge in [0.15, 0.2) is 0 Å². The van der Waals surface area contributed by atoms with Gasteiger partial charge in [-0.15, -0.1) is 0 Å². The normalized spacial score (nSPS) is 10.3. The molecule has 0 aliphatic rings. The zero-order valence-electron chi connectivity index (χ0n) is 13.5. The van der Waals surface area contributed by atoms with Crippen LogP contribution in [0.15, 0.2) is 54.7 Å². The van der Waals surface area contributed by atoms with Gasteiger partial charge >= 0.3 is 0 Å². The van der Waals surface area contributed by atoms with Crippen molar-refractivity contribution in [3.8, 4) is 11.1 Å². The molecule has 1 heterocycles. The summed E-state index contributed by atoms with van der Waals surface area (Å²) in [5, 5.41) is 5.43. The Morgan fingerprint density at radius 3 is 2.60 bits per heavy atom. The topological polar surface area (TPSA) is 92.9 Å². The molecule has 0 spiro atoms. The van der Waals surface area contributed by atoms with E-state index < -0.39 is 0 Å². The minimum atomic E-state index is -0.364. The van der Waals surface area contributed by atoms with Crippen LogP contribution in [0, 0.1) is 5.82 Å². The highest BCUT2D eigenvalue weighted by Crippen LogP contribution is 2.27. The number of rotatable bonds is 4. The smallest absolute Gasteiger partial charge is 0.256 e. The van der Waals surface area contributed by atoms with Crippen molar-refractivity contribution < 1.29 is 9.18 Å². The van der Waals surface area contributed by atoms with E-state index in [1.807, 2.05) is 30.3 Å². The number of halogens is 1. The summed E-state index contributed by atoms with van der Waals surface area (Å²) in [4.78, 5) is 19.7. The zero-order chi connectivity index (χ0) is 17.8. The number of amides is 1. The number of hydrogen-bond donors (Lipinski definition) is 3. The Hall–Kier alpha value is -3.48. The summed E-state index contributed by atoms with van der Waals surface area (Å²) >= 11 is 0. The predicted molar refractivity (Wildman–Crippen MR) is 95.0 cm³/mol. The molecule has 4 N–H and O–H groups in total. The molecule has 0 atom stereocenters. The lowest BCUT2D eigenvalue weighted by atomic mass is 10.0. The highest BCUT2D eigenvalue weighted by molar-refractivity contribution is 5.98. The van der Waals surface area contributed by atoms with Crippen molar-refractivity contribution in [2.75, 3.05) is 18.1 Å². The molecule has 0 fully saturated rings. The van der Waals surface area contributed by atoms with Crippen molar-refractivity contribution in [2.24, 2.45) is 0 Å². The number of nitrogen functional groups attached to an aromatic ring is 1. The maximum absolute atomic E-state index is 14.1. The number of nitrogens with one attached hydrogen (secondary N) is 2. The number of carbonyl (C=O) groups excluding carboxylic acids is 1. The average molecular weight is 337 g/mol. The molecule has 0 aliphatic carbocycles. The van der Waals surface area contributed by atoms with Crippen LogP contribution < -0.4 is 16.4 Å². The highest BCUT2D eigenvalue weighted by Gasteiger charge is 2.12. The largest absolute Gasteiger partial charge is 0.383 e. The van der Waals surface area contributed by atoms with Crippen LogP contribution >= 0.6 is 0 Å². The monoisotopic (exact) mass is 337 g/mol. The van der Waals surface area contributed by atoms with E-state index in [0.29, 0.717) is 11.3 Å². The quantitative estimate of drug-likeness (QED) is 0.680. The van der Waals surface area contributed by atoms with E-state index in [0.717, 1.165) is 5.56 Å². The third-order valence-electron chi connectivity index (χ3n) is 3.60. The average Bonchev–Trinajstić information content (AvgIpc) is 2.63. The van der Waals surface area contributed by atoms with Crippen LogP contribution in [0.4, 0.5) is 21.8 Å². The molecular weight excluding hydrogens is 321 g/mol. The van der Waals surface area contributed by atoms with E-state index >= 15 is 0 Å². The fourth-order valence-electron chi connectivity index (χ4n) is 2.34. The Labute approximate surface area is 143 Å². The van der Waals surface area contributed by atoms with Crippen LogP contribution in [-0.2, 0) is 0 Å². The Kier molecular flexibility index (Phi) is 4.56. The third-order valence-corrected chi connectivity index (χ3v) is 3.60. The van der Waals surface area contributed by atoms with Crippen molar-refractivity contribution in [3.05, 3.63) is 66.1 Å². The lowest BCUT2D eigenvalue weighted by Gasteiger charge is -2.10. The van der Waals surface area contributed by atoms with E-state index in [4.69, 9.17) is 5.73 Å². The molecule has 0 bridgehead atoms. The van der Waals surface area contributed by atoms with Gasteiger partial charge in [0.2, 0.25) is 5.95 Å². The van der Waals surface area contributed by atoms with Gasteiger partial charge < -0.3 is 16.4 Å². The molecule has 126 valence electrons. The van der Waals surface area contributed by atoms with Crippen molar-refractivity contribution >= 4 is 23.4 Å². The molecular formula is C18H16FN5O. The molecule has 3 aromatic rings.